The van der Waals surface area contributed by atoms with E-state index in [1.165, 1.54) is 0 Å². The van der Waals surface area contributed by atoms with Crippen molar-refractivity contribution in [1.29, 1.82) is 0 Å². The summed E-state index contributed by atoms with van der Waals surface area (Å²) in [5, 5.41) is 0. The molecule has 15 heavy (non-hydrogen) atoms. The summed E-state index contributed by atoms with van der Waals surface area (Å²) in [6, 6.07) is 7.78. The van der Waals surface area contributed by atoms with Gasteiger partial charge in [0.1, 0.15) is 5.82 Å². The number of hydrogen-bond acceptors (Lipinski definition) is 3. The van der Waals surface area contributed by atoms with Gasteiger partial charge in [0.25, 0.3) is 0 Å². The molecule has 0 aliphatic carbocycles. The first-order valence-corrected chi connectivity index (χ1v) is 4.69. The van der Waals surface area contributed by atoms with E-state index in [0.29, 0.717) is 0 Å². The molecule has 3 heteroatoms. The molecule has 0 saturated carbocycles. The van der Waals surface area contributed by atoms with E-state index in [2.05, 4.69) is 16.9 Å². The van der Waals surface area contributed by atoms with Crippen molar-refractivity contribution < 1.29 is 0 Å². The zero-order valence-corrected chi connectivity index (χ0v) is 8.59. The van der Waals surface area contributed by atoms with Crippen LogP contribution >= 0.6 is 0 Å². The Kier molecular flexibility index (Phi) is 2.63. The molecule has 0 unspecified atom stereocenters. The van der Waals surface area contributed by atoms with Gasteiger partial charge in [-0.3, -0.25) is 4.98 Å². The second-order valence-corrected chi connectivity index (χ2v) is 3.29. The van der Waals surface area contributed by atoms with E-state index in [1.807, 2.05) is 36.2 Å². The van der Waals surface area contributed by atoms with E-state index < -0.39 is 0 Å². The van der Waals surface area contributed by atoms with Crippen LogP contribution in [0.4, 0.5) is 11.5 Å². The average molecular weight is 198 g/mol. The summed E-state index contributed by atoms with van der Waals surface area (Å²) in [6.07, 6.45) is 5.29. The van der Waals surface area contributed by atoms with Gasteiger partial charge >= 0.3 is 0 Å². The van der Waals surface area contributed by atoms with Crippen molar-refractivity contribution in [2.24, 2.45) is 0 Å². The minimum atomic E-state index is 0.897. The van der Waals surface area contributed by atoms with Crippen molar-refractivity contribution in [3.63, 3.8) is 0 Å². The normalized spacial score (nSPS) is 10.0. The third-order valence-electron chi connectivity index (χ3n) is 2.20. The maximum absolute atomic E-state index is 4.30. The minimum absolute atomic E-state index is 0.897. The van der Waals surface area contributed by atoms with Crippen LogP contribution in [0.25, 0.3) is 0 Å². The van der Waals surface area contributed by atoms with Crippen molar-refractivity contribution in [2.75, 3.05) is 11.9 Å². The molecule has 2 heterocycles. The van der Waals surface area contributed by atoms with E-state index in [-0.39, 0.29) is 0 Å². The average Bonchev–Trinajstić information content (AvgIpc) is 2.30. The molecule has 2 aromatic rings. The standard InChI is InChI=1S/C12H12N3/c1-10-3-4-12(14-9-10)15(2)11-5-7-13-8-6-11/h3-9H,1H2,2H3. The monoisotopic (exact) mass is 198 g/mol. The molecule has 0 spiro atoms. The maximum Gasteiger partial charge on any atom is 0.132 e. The Bertz CT molecular complexity index is 422. The van der Waals surface area contributed by atoms with Crippen LogP contribution < -0.4 is 4.90 Å². The van der Waals surface area contributed by atoms with Gasteiger partial charge in [-0.25, -0.2) is 4.98 Å². The smallest absolute Gasteiger partial charge is 0.132 e. The number of nitrogens with zero attached hydrogens (tertiary/aromatic N) is 3. The fourth-order valence-corrected chi connectivity index (χ4v) is 1.32. The van der Waals surface area contributed by atoms with Crippen LogP contribution in [0.15, 0.2) is 42.9 Å². The van der Waals surface area contributed by atoms with Crippen LogP contribution in [-0.2, 0) is 0 Å². The summed E-state index contributed by atoms with van der Waals surface area (Å²) >= 11 is 0. The first-order chi connectivity index (χ1) is 7.27. The predicted molar refractivity (Wildman–Crippen MR) is 61.0 cm³/mol. The van der Waals surface area contributed by atoms with Gasteiger partial charge in [-0.05, 0) is 30.7 Å². The number of rotatable bonds is 2. The third-order valence-corrected chi connectivity index (χ3v) is 2.20. The maximum atomic E-state index is 4.30. The highest BCUT2D eigenvalue weighted by molar-refractivity contribution is 5.58. The molecule has 0 saturated heterocycles. The van der Waals surface area contributed by atoms with E-state index in [9.17, 15) is 0 Å². The summed E-state index contributed by atoms with van der Waals surface area (Å²) in [4.78, 5) is 10.3. The number of anilines is 2. The predicted octanol–water partition coefficient (Wildman–Crippen LogP) is 2.43. The van der Waals surface area contributed by atoms with Gasteiger partial charge in [-0.1, -0.05) is 6.07 Å². The molecule has 1 radical (unpaired) electrons. The lowest BCUT2D eigenvalue weighted by molar-refractivity contribution is 1.11. The Balaban J connectivity index is 2.29. The van der Waals surface area contributed by atoms with Gasteiger partial charge in [0.05, 0.1) is 0 Å². The van der Waals surface area contributed by atoms with Crippen LogP contribution in [0.5, 0.6) is 0 Å². The highest BCUT2D eigenvalue weighted by atomic mass is 15.2. The molecule has 0 fully saturated rings. The fourth-order valence-electron chi connectivity index (χ4n) is 1.32. The van der Waals surface area contributed by atoms with Crippen molar-refractivity contribution in [1.82, 2.24) is 9.97 Å². The lowest BCUT2D eigenvalue weighted by Gasteiger charge is -2.17. The Morgan fingerprint density at radius 2 is 1.87 bits per heavy atom. The molecular weight excluding hydrogens is 186 g/mol. The van der Waals surface area contributed by atoms with E-state index in [4.69, 9.17) is 0 Å². The summed E-state index contributed by atoms with van der Waals surface area (Å²) in [7, 11) is 1.97. The third kappa shape index (κ3) is 2.13. The molecule has 0 aliphatic heterocycles. The van der Waals surface area contributed by atoms with Gasteiger partial charge in [-0.15, -0.1) is 0 Å². The molecular formula is C12H12N3. The lowest BCUT2D eigenvalue weighted by atomic mass is 10.3. The summed E-state index contributed by atoms with van der Waals surface area (Å²) in [6.45, 7) is 3.80. The molecule has 3 nitrogen and oxygen atoms in total. The van der Waals surface area contributed by atoms with Crippen molar-refractivity contribution in [3.8, 4) is 0 Å². The first kappa shape index (κ1) is 9.65. The SMILES string of the molecule is [CH2]c1ccc(N(C)c2ccncc2)nc1. The van der Waals surface area contributed by atoms with Crippen molar-refractivity contribution in [3.05, 3.63) is 55.3 Å². The number of pyridine rings is 2. The quantitative estimate of drug-likeness (QED) is 0.742. The Hall–Kier alpha value is -1.90. The highest BCUT2D eigenvalue weighted by Crippen LogP contribution is 2.19. The molecule has 2 rings (SSSR count). The Morgan fingerprint density at radius 3 is 2.47 bits per heavy atom. The first-order valence-electron chi connectivity index (χ1n) is 4.69. The van der Waals surface area contributed by atoms with Gasteiger partial charge < -0.3 is 4.90 Å². The van der Waals surface area contributed by atoms with Crippen LogP contribution in [0.1, 0.15) is 5.56 Å². The van der Waals surface area contributed by atoms with Gasteiger partial charge in [0.15, 0.2) is 0 Å². The molecule has 0 atom stereocenters. The van der Waals surface area contributed by atoms with Gasteiger partial charge in [-0.2, -0.15) is 0 Å². The zero-order valence-electron chi connectivity index (χ0n) is 8.59. The Labute approximate surface area is 89.4 Å². The fraction of sp³-hybridized carbons (Fsp3) is 0.0833. The minimum Gasteiger partial charge on any atom is -0.329 e. The highest BCUT2D eigenvalue weighted by Gasteiger charge is 2.03. The summed E-state index contributed by atoms with van der Waals surface area (Å²) in [5.74, 6) is 0.897. The molecule has 75 valence electrons. The second-order valence-electron chi connectivity index (χ2n) is 3.29. The lowest BCUT2D eigenvalue weighted by Crippen LogP contribution is -2.10. The van der Waals surface area contributed by atoms with Crippen molar-refractivity contribution >= 4 is 11.5 Å². The van der Waals surface area contributed by atoms with E-state index in [0.717, 1.165) is 17.1 Å². The second kappa shape index (κ2) is 4.09. The van der Waals surface area contributed by atoms with Gasteiger partial charge in [0.2, 0.25) is 0 Å². The van der Waals surface area contributed by atoms with Crippen LogP contribution in [0.3, 0.4) is 0 Å². The topological polar surface area (TPSA) is 29.0 Å². The summed E-state index contributed by atoms with van der Waals surface area (Å²) < 4.78 is 0. The van der Waals surface area contributed by atoms with Crippen LogP contribution in [-0.4, -0.2) is 17.0 Å². The van der Waals surface area contributed by atoms with E-state index in [1.54, 1.807) is 18.6 Å². The molecule has 0 bridgehead atoms. The zero-order chi connectivity index (χ0) is 10.7. The van der Waals surface area contributed by atoms with E-state index >= 15 is 0 Å². The van der Waals surface area contributed by atoms with Gasteiger partial charge in [0, 0.05) is 31.3 Å². The van der Waals surface area contributed by atoms with Crippen LogP contribution in [0.2, 0.25) is 0 Å². The molecule has 2 aromatic heterocycles. The molecule has 0 N–H and O–H groups in total. The summed E-state index contributed by atoms with van der Waals surface area (Å²) in [5.41, 5.74) is 1.98. The Morgan fingerprint density at radius 1 is 1.13 bits per heavy atom. The van der Waals surface area contributed by atoms with Crippen molar-refractivity contribution in [2.45, 2.75) is 0 Å². The molecule has 0 aliphatic rings. The molecule has 0 amide bonds. The largest absolute Gasteiger partial charge is 0.329 e. The number of hydrogen-bond donors (Lipinski definition) is 0. The molecule has 0 aromatic carbocycles. The number of aromatic nitrogens is 2. The van der Waals surface area contributed by atoms with Crippen LogP contribution in [0, 0.1) is 6.92 Å².